The van der Waals surface area contributed by atoms with E-state index in [2.05, 4.69) is 58.7 Å². The number of benzene rings is 1. The fourth-order valence-electron chi connectivity index (χ4n) is 2.24. The lowest BCUT2D eigenvalue weighted by molar-refractivity contribution is 0.334. The second-order valence-corrected chi connectivity index (χ2v) is 5.96. The highest BCUT2D eigenvalue weighted by atomic mass is 16.5. The van der Waals surface area contributed by atoms with E-state index < -0.39 is 0 Å². The van der Waals surface area contributed by atoms with Crippen molar-refractivity contribution in [3.8, 4) is 5.69 Å². The van der Waals surface area contributed by atoms with Crippen molar-refractivity contribution in [3.05, 3.63) is 60.0 Å². The highest BCUT2D eigenvalue weighted by molar-refractivity contribution is 5.33. The first-order chi connectivity index (χ1) is 11.1. The predicted molar refractivity (Wildman–Crippen MR) is 87.1 cm³/mol. The van der Waals surface area contributed by atoms with Gasteiger partial charge >= 0.3 is 0 Å². The maximum Gasteiger partial charge on any atom is 0.226 e. The van der Waals surface area contributed by atoms with Crippen LogP contribution in [0, 0.1) is 0 Å². The lowest BCUT2D eigenvalue weighted by Crippen LogP contribution is -2.37. The lowest BCUT2D eigenvalue weighted by Gasteiger charge is -2.22. The molecule has 1 N–H and O–H groups in total. The van der Waals surface area contributed by atoms with Crippen molar-refractivity contribution in [1.29, 1.82) is 0 Å². The average molecular weight is 311 g/mol. The van der Waals surface area contributed by atoms with Crippen LogP contribution in [0.4, 0.5) is 0 Å². The number of hydrogen-bond acceptors (Lipinski definition) is 5. The molecule has 0 unspecified atom stereocenters. The molecule has 0 radical (unpaired) electrons. The lowest BCUT2D eigenvalue weighted by atomic mass is 10.0. The van der Waals surface area contributed by atoms with Gasteiger partial charge in [0, 0.05) is 25.4 Å². The van der Waals surface area contributed by atoms with Gasteiger partial charge in [0.25, 0.3) is 0 Å². The van der Waals surface area contributed by atoms with Crippen LogP contribution in [-0.4, -0.2) is 19.9 Å². The van der Waals surface area contributed by atoms with E-state index in [1.807, 2.05) is 23.9 Å². The molecule has 6 nitrogen and oxygen atoms in total. The van der Waals surface area contributed by atoms with Gasteiger partial charge in [-0.15, -0.1) is 0 Å². The number of aryl methyl sites for hydroxylation is 1. The van der Waals surface area contributed by atoms with Gasteiger partial charge in [-0.25, -0.2) is 4.68 Å². The molecule has 3 aromatic rings. The molecule has 2 aromatic heterocycles. The summed E-state index contributed by atoms with van der Waals surface area (Å²) in [4.78, 5) is 4.41. The highest BCUT2D eigenvalue weighted by Crippen LogP contribution is 2.18. The minimum Gasteiger partial charge on any atom is -0.339 e. The Labute approximate surface area is 135 Å². The standard InChI is InChI=1S/C17H21N5O/c1-4-15-20-16(21-23-15)17(2,3)18-12-13-6-8-14(9-7-13)22-11-5-10-19-22/h5-11,18H,4,12H2,1-3H3. The Morgan fingerprint density at radius 3 is 2.61 bits per heavy atom. The molecule has 1 aromatic carbocycles. The Morgan fingerprint density at radius 2 is 2.00 bits per heavy atom. The van der Waals surface area contributed by atoms with Crippen molar-refractivity contribution in [1.82, 2.24) is 25.2 Å². The fraction of sp³-hybridized carbons (Fsp3) is 0.353. The Kier molecular flexibility index (Phi) is 4.25. The third-order valence-corrected chi connectivity index (χ3v) is 3.77. The maximum absolute atomic E-state index is 5.20. The summed E-state index contributed by atoms with van der Waals surface area (Å²) in [5.41, 5.74) is 1.88. The molecule has 0 bridgehead atoms. The monoisotopic (exact) mass is 311 g/mol. The average Bonchev–Trinajstić information content (AvgIpc) is 3.25. The summed E-state index contributed by atoms with van der Waals surface area (Å²) in [5.74, 6) is 1.35. The summed E-state index contributed by atoms with van der Waals surface area (Å²) in [6, 6.07) is 10.2. The fourth-order valence-corrected chi connectivity index (χ4v) is 2.24. The smallest absolute Gasteiger partial charge is 0.226 e. The normalized spacial score (nSPS) is 11.8. The largest absolute Gasteiger partial charge is 0.339 e. The number of aromatic nitrogens is 4. The van der Waals surface area contributed by atoms with Gasteiger partial charge in [-0.1, -0.05) is 24.2 Å². The minimum absolute atomic E-state index is 0.350. The molecule has 0 spiro atoms. The maximum atomic E-state index is 5.20. The zero-order chi connectivity index (χ0) is 16.3. The van der Waals surface area contributed by atoms with Gasteiger partial charge in [-0.3, -0.25) is 0 Å². The molecule has 0 aliphatic rings. The van der Waals surface area contributed by atoms with E-state index in [0.717, 1.165) is 18.7 Å². The van der Waals surface area contributed by atoms with Crippen LogP contribution in [0.2, 0.25) is 0 Å². The first-order valence-corrected chi connectivity index (χ1v) is 7.75. The van der Waals surface area contributed by atoms with Gasteiger partial charge < -0.3 is 9.84 Å². The molecule has 3 rings (SSSR count). The minimum atomic E-state index is -0.350. The quantitative estimate of drug-likeness (QED) is 0.758. The first-order valence-electron chi connectivity index (χ1n) is 7.75. The van der Waals surface area contributed by atoms with E-state index in [1.54, 1.807) is 6.20 Å². The van der Waals surface area contributed by atoms with E-state index in [1.165, 1.54) is 5.56 Å². The molecule has 0 aliphatic carbocycles. The van der Waals surface area contributed by atoms with Crippen molar-refractivity contribution in [3.63, 3.8) is 0 Å². The molecule has 0 saturated carbocycles. The number of nitrogens with one attached hydrogen (secondary N) is 1. The van der Waals surface area contributed by atoms with E-state index in [4.69, 9.17) is 4.52 Å². The topological polar surface area (TPSA) is 68.8 Å². The Morgan fingerprint density at radius 1 is 1.22 bits per heavy atom. The van der Waals surface area contributed by atoms with Crippen LogP contribution in [0.3, 0.4) is 0 Å². The molecule has 0 amide bonds. The third kappa shape index (κ3) is 3.48. The van der Waals surface area contributed by atoms with Crippen LogP contribution >= 0.6 is 0 Å². The molecule has 23 heavy (non-hydrogen) atoms. The molecular weight excluding hydrogens is 290 g/mol. The van der Waals surface area contributed by atoms with Crippen molar-refractivity contribution in [2.24, 2.45) is 0 Å². The van der Waals surface area contributed by atoms with Crippen LogP contribution in [-0.2, 0) is 18.5 Å². The van der Waals surface area contributed by atoms with Gasteiger partial charge in [0.1, 0.15) is 0 Å². The van der Waals surface area contributed by atoms with Gasteiger partial charge in [0.05, 0.1) is 11.2 Å². The van der Waals surface area contributed by atoms with E-state index >= 15 is 0 Å². The Hall–Kier alpha value is -2.47. The van der Waals surface area contributed by atoms with Crippen LogP contribution < -0.4 is 5.32 Å². The number of nitrogens with zero attached hydrogens (tertiary/aromatic N) is 4. The van der Waals surface area contributed by atoms with Crippen molar-refractivity contribution in [2.75, 3.05) is 0 Å². The Bertz CT molecular complexity index is 744. The van der Waals surface area contributed by atoms with Crippen molar-refractivity contribution >= 4 is 0 Å². The summed E-state index contributed by atoms with van der Waals surface area (Å²) in [6.45, 7) is 6.83. The first kappa shape index (κ1) is 15.4. The molecule has 6 heteroatoms. The number of hydrogen-bond donors (Lipinski definition) is 1. The molecule has 0 atom stereocenters. The molecule has 0 fully saturated rings. The van der Waals surface area contributed by atoms with E-state index in [0.29, 0.717) is 11.7 Å². The van der Waals surface area contributed by atoms with Crippen LogP contribution in [0.5, 0.6) is 0 Å². The zero-order valence-corrected chi connectivity index (χ0v) is 13.7. The molecular formula is C17H21N5O. The van der Waals surface area contributed by atoms with Crippen LogP contribution in [0.25, 0.3) is 5.69 Å². The van der Waals surface area contributed by atoms with E-state index in [-0.39, 0.29) is 5.54 Å². The summed E-state index contributed by atoms with van der Waals surface area (Å²) in [5, 5.41) is 11.8. The zero-order valence-electron chi connectivity index (χ0n) is 13.7. The van der Waals surface area contributed by atoms with Gasteiger partial charge in [0.2, 0.25) is 5.89 Å². The molecule has 0 aliphatic heterocycles. The molecule has 0 saturated heterocycles. The second kappa shape index (κ2) is 6.34. The SMILES string of the molecule is CCc1nc(C(C)(C)NCc2ccc(-n3cccn3)cc2)no1. The number of rotatable bonds is 6. The summed E-state index contributed by atoms with van der Waals surface area (Å²) < 4.78 is 7.04. The summed E-state index contributed by atoms with van der Waals surface area (Å²) >= 11 is 0. The van der Waals surface area contributed by atoms with Crippen LogP contribution in [0.15, 0.2) is 47.2 Å². The second-order valence-electron chi connectivity index (χ2n) is 5.96. The van der Waals surface area contributed by atoms with Crippen molar-refractivity contribution < 1.29 is 4.52 Å². The highest BCUT2D eigenvalue weighted by Gasteiger charge is 2.25. The summed E-state index contributed by atoms with van der Waals surface area (Å²) in [6.07, 6.45) is 4.45. The van der Waals surface area contributed by atoms with Crippen LogP contribution in [0.1, 0.15) is 38.0 Å². The molecule has 120 valence electrons. The third-order valence-electron chi connectivity index (χ3n) is 3.77. The van der Waals surface area contributed by atoms with Gasteiger partial charge in [-0.2, -0.15) is 10.1 Å². The van der Waals surface area contributed by atoms with Gasteiger partial charge in [0.15, 0.2) is 5.82 Å². The van der Waals surface area contributed by atoms with Crippen molar-refractivity contribution in [2.45, 2.75) is 39.3 Å². The van der Waals surface area contributed by atoms with Gasteiger partial charge in [-0.05, 0) is 37.6 Å². The van der Waals surface area contributed by atoms with E-state index in [9.17, 15) is 0 Å². The predicted octanol–water partition coefficient (Wildman–Crippen LogP) is 2.84. The Balaban J connectivity index is 1.65. The molecule has 2 heterocycles. The summed E-state index contributed by atoms with van der Waals surface area (Å²) in [7, 11) is 0.